The van der Waals surface area contributed by atoms with Crippen LogP contribution in [0.15, 0.2) is 24.3 Å². The van der Waals surface area contributed by atoms with Crippen LogP contribution in [0.4, 0.5) is 5.69 Å². The van der Waals surface area contributed by atoms with Gasteiger partial charge < -0.3 is 10.2 Å². The van der Waals surface area contributed by atoms with Crippen LogP contribution in [0.3, 0.4) is 0 Å². The van der Waals surface area contributed by atoms with Crippen LogP contribution in [0.1, 0.15) is 11.9 Å². The van der Waals surface area contributed by atoms with Gasteiger partial charge in [-0.3, -0.25) is 10.1 Å². The van der Waals surface area contributed by atoms with E-state index < -0.39 is 11.2 Å². The van der Waals surface area contributed by atoms with Crippen LogP contribution in [0.2, 0.25) is 0 Å². The van der Waals surface area contributed by atoms with Crippen molar-refractivity contribution < 1.29 is 15.1 Å². The summed E-state index contributed by atoms with van der Waals surface area (Å²) in [6.45, 7) is 0. The van der Waals surface area contributed by atoms with E-state index in [9.17, 15) is 10.1 Å². The molecule has 0 unspecified atom stereocenters. The number of para-hydroxylation sites is 1. The van der Waals surface area contributed by atoms with E-state index in [0.717, 1.165) is 0 Å². The van der Waals surface area contributed by atoms with E-state index in [2.05, 4.69) is 0 Å². The van der Waals surface area contributed by atoms with Crippen LogP contribution in [-0.2, 0) is 0 Å². The van der Waals surface area contributed by atoms with Crippen molar-refractivity contribution in [2.75, 3.05) is 0 Å². The summed E-state index contributed by atoms with van der Waals surface area (Å²) in [5, 5.41) is 27.7. The maximum Gasteiger partial charge on any atom is 0.277 e. The topological polar surface area (TPSA) is 83.6 Å². The molecule has 5 heteroatoms. The summed E-state index contributed by atoms with van der Waals surface area (Å²) in [5.74, 6) is 0. The smallest absolute Gasteiger partial charge is 0.277 e. The molecule has 0 amide bonds. The van der Waals surface area contributed by atoms with Gasteiger partial charge in [0.25, 0.3) is 5.69 Å². The molecular weight excluding hydrogens is 162 g/mol. The van der Waals surface area contributed by atoms with E-state index in [4.69, 9.17) is 10.2 Å². The van der Waals surface area contributed by atoms with E-state index in [1.54, 1.807) is 0 Å². The second-order valence-corrected chi connectivity index (χ2v) is 2.19. The maximum atomic E-state index is 10.3. The van der Waals surface area contributed by atoms with Gasteiger partial charge in [-0.25, -0.2) is 0 Å². The molecule has 0 saturated heterocycles. The largest absolute Gasteiger partial charge is 0.364 e. The predicted molar refractivity (Wildman–Crippen MR) is 40.3 cm³/mol. The third-order valence-electron chi connectivity index (χ3n) is 1.41. The van der Waals surface area contributed by atoms with Gasteiger partial charge in [-0.05, 0) is 6.07 Å². The molecule has 1 rings (SSSR count). The second kappa shape index (κ2) is 3.29. The molecule has 12 heavy (non-hydrogen) atoms. The van der Waals surface area contributed by atoms with Crippen LogP contribution in [-0.4, -0.2) is 15.1 Å². The maximum absolute atomic E-state index is 10.3. The Morgan fingerprint density at radius 2 is 1.92 bits per heavy atom. The summed E-state index contributed by atoms with van der Waals surface area (Å²) in [7, 11) is 0. The highest BCUT2D eigenvalue weighted by Crippen LogP contribution is 2.22. The lowest BCUT2D eigenvalue weighted by Gasteiger charge is -2.02. The van der Waals surface area contributed by atoms with E-state index in [0.29, 0.717) is 0 Å². The Bertz CT molecular complexity index is 297. The molecule has 0 aliphatic rings. The molecule has 0 radical (unpaired) electrons. The summed E-state index contributed by atoms with van der Waals surface area (Å²) in [5.41, 5.74) is -0.380. The summed E-state index contributed by atoms with van der Waals surface area (Å²) in [6, 6.07) is 5.48. The van der Waals surface area contributed by atoms with Gasteiger partial charge in [-0.1, -0.05) is 12.1 Å². The normalized spacial score (nSPS) is 10.2. The fraction of sp³-hybridized carbons (Fsp3) is 0.143. The van der Waals surface area contributed by atoms with Crippen molar-refractivity contribution in [1.82, 2.24) is 0 Å². The summed E-state index contributed by atoms with van der Waals surface area (Å²) >= 11 is 0. The Hall–Kier alpha value is -1.46. The molecule has 0 bridgehead atoms. The Balaban J connectivity index is 3.17. The first-order valence-corrected chi connectivity index (χ1v) is 3.22. The lowest BCUT2D eigenvalue weighted by atomic mass is 10.2. The molecule has 0 spiro atoms. The quantitative estimate of drug-likeness (QED) is 0.385. The molecule has 5 nitrogen and oxygen atoms in total. The van der Waals surface area contributed by atoms with Crippen molar-refractivity contribution in [3.05, 3.63) is 39.9 Å². The molecule has 64 valence electrons. The van der Waals surface area contributed by atoms with Gasteiger partial charge in [-0.15, -0.1) is 0 Å². The molecule has 0 atom stereocenters. The Morgan fingerprint density at radius 3 is 2.33 bits per heavy atom. The fourth-order valence-electron chi connectivity index (χ4n) is 0.872. The number of aliphatic hydroxyl groups is 2. The Morgan fingerprint density at radius 1 is 1.33 bits per heavy atom. The van der Waals surface area contributed by atoms with E-state index in [1.165, 1.54) is 24.3 Å². The summed E-state index contributed by atoms with van der Waals surface area (Å²) in [6.07, 6.45) is -1.80. The van der Waals surface area contributed by atoms with Crippen molar-refractivity contribution in [3.8, 4) is 0 Å². The molecule has 0 saturated carbocycles. The van der Waals surface area contributed by atoms with Crippen molar-refractivity contribution in [2.24, 2.45) is 0 Å². The van der Waals surface area contributed by atoms with Crippen LogP contribution >= 0.6 is 0 Å². The highest BCUT2D eigenvalue weighted by Gasteiger charge is 2.16. The molecule has 0 aromatic heterocycles. The zero-order valence-electron chi connectivity index (χ0n) is 6.04. The first-order chi connectivity index (χ1) is 5.63. The standard InChI is InChI=1S/C7H7NO4/c9-7(10)5-3-1-2-4-6(5)8(11)12/h1-4,7,9-10H. The summed E-state index contributed by atoms with van der Waals surface area (Å²) in [4.78, 5) is 9.65. The lowest BCUT2D eigenvalue weighted by Crippen LogP contribution is -2.00. The molecule has 0 aliphatic carbocycles. The SMILES string of the molecule is O=[N+]([O-])c1ccccc1C(O)O. The number of hydrogen-bond donors (Lipinski definition) is 2. The van der Waals surface area contributed by atoms with Crippen molar-refractivity contribution in [2.45, 2.75) is 6.29 Å². The number of hydrogen-bond acceptors (Lipinski definition) is 4. The molecule has 0 aliphatic heterocycles. The van der Waals surface area contributed by atoms with Crippen LogP contribution in [0.25, 0.3) is 0 Å². The minimum atomic E-state index is -1.80. The first-order valence-electron chi connectivity index (χ1n) is 3.22. The van der Waals surface area contributed by atoms with Gasteiger partial charge in [0.1, 0.15) is 0 Å². The van der Waals surface area contributed by atoms with Gasteiger partial charge in [0.2, 0.25) is 0 Å². The number of nitrogens with zero attached hydrogens (tertiary/aromatic N) is 1. The minimum absolute atomic E-state index is 0.0949. The number of nitro benzene ring substituents is 1. The highest BCUT2D eigenvalue weighted by atomic mass is 16.6. The van der Waals surface area contributed by atoms with Crippen LogP contribution in [0, 0.1) is 10.1 Å². The summed E-state index contributed by atoms with van der Waals surface area (Å²) < 4.78 is 0. The van der Waals surface area contributed by atoms with Gasteiger partial charge in [0.15, 0.2) is 6.29 Å². The van der Waals surface area contributed by atoms with Gasteiger partial charge in [0.05, 0.1) is 10.5 Å². The molecular formula is C7H7NO4. The average molecular weight is 169 g/mol. The minimum Gasteiger partial charge on any atom is -0.364 e. The zero-order valence-corrected chi connectivity index (χ0v) is 6.04. The Labute approximate surface area is 68.0 Å². The van der Waals surface area contributed by atoms with Crippen LogP contribution < -0.4 is 0 Å². The Kier molecular flexibility index (Phi) is 2.37. The van der Waals surface area contributed by atoms with E-state index >= 15 is 0 Å². The molecule has 0 fully saturated rings. The second-order valence-electron chi connectivity index (χ2n) is 2.19. The molecule has 0 heterocycles. The average Bonchev–Trinajstić information content (AvgIpc) is 2.04. The van der Waals surface area contributed by atoms with E-state index in [1.807, 2.05) is 0 Å². The molecule has 1 aromatic rings. The van der Waals surface area contributed by atoms with Crippen molar-refractivity contribution in [3.63, 3.8) is 0 Å². The van der Waals surface area contributed by atoms with Crippen molar-refractivity contribution in [1.29, 1.82) is 0 Å². The number of aliphatic hydroxyl groups excluding tert-OH is 1. The predicted octanol–water partition coefficient (Wildman–Crippen LogP) is 0.578. The van der Waals surface area contributed by atoms with Crippen molar-refractivity contribution >= 4 is 5.69 Å². The highest BCUT2D eigenvalue weighted by molar-refractivity contribution is 5.40. The third-order valence-corrected chi connectivity index (χ3v) is 1.41. The molecule has 2 N–H and O–H groups in total. The number of nitro groups is 1. The monoisotopic (exact) mass is 169 g/mol. The van der Waals surface area contributed by atoms with E-state index in [-0.39, 0.29) is 11.3 Å². The first kappa shape index (κ1) is 8.63. The third kappa shape index (κ3) is 1.58. The van der Waals surface area contributed by atoms with Crippen LogP contribution in [0.5, 0.6) is 0 Å². The zero-order chi connectivity index (χ0) is 9.14. The fourth-order valence-corrected chi connectivity index (χ4v) is 0.872. The van der Waals surface area contributed by atoms with Gasteiger partial charge in [0, 0.05) is 6.07 Å². The number of benzene rings is 1. The molecule has 1 aromatic carbocycles. The lowest BCUT2D eigenvalue weighted by molar-refractivity contribution is -0.386. The van der Waals surface area contributed by atoms with Gasteiger partial charge >= 0.3 is 0 Å². The van der Waals surface area contributed by atoms with Gasteiger partial charge in [-0.2, -0.15) is 0 Å². The number of rotatable bonds is 2.